The van der Waals surface area contributed by atoms with Gasteiger partial charge in [-0.1, -0.05) is 0 Å². The Balaban J connectivity index is 3.52. The van der Waals surface area contributed by atoms with Crippen molar-refractivity contribution in [1.82, 2.24) is 0 Å². The van der Waals surface area contributed by atoms with E-state index < -0.39 is 23.1 Å². The molecule has 0 fully saturated rings. The zero-order chi connectivity index (χ0) is 10.9. The standard InChI is InChI=1S/C8H8N2O4/c9-3-1-4(7(11)12)6(8(13)14)5(10)2-3/h1-2H,9-10H2,(H,11,12)(H,13,14). The summed E-state index contributed by atoms with van der Waals surface area (Å²) in [6, 6.07) is 2.26. The first-order valence-electron chi connectivity index (χ1n) is 3.59. The van der Waals surface area contributed by atoms with Gasteiger partial charge in [0.1, 0.15) is 0 Å². The van der Waals surface area contributed by atoms with Gasteiger partial charge in [-0.2, -0.15) is 0 Å². The SMILES string of the molecule is Nc1cc(N)c(C(=O)O)c(C(=O)O)c1. The van der Waals surface area contributed by atoms with Crippen molar-refractivity contribution in [2.75, 3.05) is 11.5 Å². The molecule has 1 aromatic rings. The lowest BCUT2D eigenvalue weighted by atomic mass is 10.0. The summed E-state index contributed by atoms with van der Waals surface area (Å²) in [7, 11) is 0. The zero-order valence-electron chi connectivity index (χ0n) is 7.02. The lowest BCUT2D eigenvalue weighted by molar-refractivity contribution is 0.0652. The Bertz CT molecular complexity index is 414. The van der Waals surface area contributed by atoms with E-state index in [0.29, 0.717) is 0 Å². The summed E-state index contributed by atoms with van der Waals surface area (Å²) in [4.78, 5) is 21.3. The Morgan fingerprint density at radius 3 is 2.07 bits per heavy atom. The molecule has 74 valence electrons. The summed E-state index contributed by atoms with van der Waals surface area (Å²) in [5.41, 5.74) is 9.78. The monoisotopic (exact) mass is 196 g/mol. The van der Waals surface area contributed by atoms with Gasteiger partial charge in [0, 0.05) is 11.4 Å². The highest BCUT2D eigenvalue weighted by Crippen LogP contribution is 2.21. The van der Waals surface area contributed by atoms with Crippen LogP contribution in [0, 0.1) is 0 Å². The molecular formula is C8H8N2O4. The minimum atomic E-state index is -1.39. The third kappa shape index (κ3) is 1.58. The average Bonchev–Trinajstić information content (AvgIpc) is 2.01. The number of aromatic carboxylic acids is 2. The van der Waals surface area contributed by atoms with Crippen molar-refractivity contribution < 1.29 is 19.8 Å². The molecule has 0 saturated heterocycles. The highest BCUT2D eigenvalue weighted by atomic mass is 16.4. The van der Waals surface area contributed by atoms with Crippen LogP contribution in [0.5, 0.6) is 0 Å². The fourth-order valence-electron chi connectivity index (χ4n) is 1.10. The predicted octanol–water partition coefficient (Wildman–Crippen LogP) is 0.247. The van der Waals surface area contributed by atoms with Crippen LogP contribution in [0.3, 0.4) is 0 Å². The van der Waals surface area contributed by atoms with E-state index in [4.69, 9.17) is 21.7 Å². The average molecular weight is 196 g/mol. The summed E-state index contributed by atoms with van der Waals surface area (Å²) < 4.78 is 0. The van der Waals surface area contributed by atoms with Crippen molar-refractivity contribution in [3.8, 4) is 0 Å². The largest absolute Gasteiger partial charge is 0.478 e. The number of carboxylic acids is 2. The van der Waals surface area contributed by atoms with Crippen molar-refractivity contribution in [2.45, 2.75) is 0 Å². The molecule has 0 unspecified atom stereocenters. The molecule has 0 heterocycles. The molecule has 0 aliphatic carbocycles. The van der Waals surface area contributed by atoms with E-state index >= 15 is 0 Å². The second-order valence-electron chi connectivity index (χ2n) is 2.64. The zero-order valence-corrected chi connectivity index (χ0v) is 7.02. The summed E-state index contributed by atoms with van der Waals surface area (Å²) in [5.74, 6) is -2.76. The lowest BCUT2D eigenvalue weighted by Gasteiger charge is -2.06. The van der Waals surface area contributed by atoms with Crippen molar-refractivity contribution in [3.05, 3.63) is 23.3 Å². The Morgan fingerprint density at radius 1 is 1.07 bits per heavy atom. The van der Waals surface area contributed by atoms with Gasteiger partial charge in [0.25, 0.3) is 0 Å². The van der Waals surface area contributed by atoms with Gasteiger partial charge in [0.2, 0.25) is 0 Å². The maximum absolute atomic E-state index is 10.7. The Hall–Kier alpha value is -2.24. The van der Waals surface area contributed by atoms with Crippen LogP contribution in [0.2, 0.25) is 0 Å². The highest BCUT2D eigenvalue weighted by Gasteiger charge is 2.19. The fraction of sp³-hybridized carbons (Fsp3) is 0. The molecule has 14 heavy (non-hydrogen) atoms. The second kappa shape index (κ2) is 3.25. The van der Waals surface area contributed by atoms with Crippen LogP contribution in [0.4, 0.5) is 11.4 Å². The number of hydrogen-bond acceptors (Lipinski definition) is 4. The highest BCUT2D eigenvalue weighted by molar-refractivity contribution is 6.06. The summed E-state index contributed by atoms with van der Waals surface area (Å²) >= 11 is 0. The molecule has 6 N–H and O–H groups in total. The number of carboxylic acid groups (broad SMARTS) is 2. The summed E-state index contributed by atoms with van der Waals surface area (Å²) in [6.07, 6.45) is 0. The maximum Gasteiger partial charge on any atom is 0.338 e. The summed E-state index contributed by atoms with van der Waals surface area (Å²) in [5, 5.41) is 17.4. The molecule has 0 amide bonds. The fourth-order valence-corrected chi connectivity index (χ4v) is 1.10. The predicted molar refractivity (Wildman–Crippen MR) is 49.2 cm³/mol. The molecule has 0 aromatic heterocycles. The molecule has 0 aliphatic rings. The van der Waals surface area contributed by atoms with E-state index in [1.165, 1.54) is 6.07 Å². The third-order valence-electron chi connectivity index (χ3n) is 1.64. The number of rotatable bonds is 2. The van der Waals surface area contributed by atoms with Crippen molar-refractivity contribution in [3.63, 3.8) is 0 Å². The molecule has 1 aromatic carbocycles. The third-order valence-corrected chi connectivity index (χ3v) is 1.64. The second-order valence-corrected chi connectivity index (χ2v) is 2.64. The first kappa shape index (κ1) is 9.85. The maximum atomic E-state index is 10.7. The van der Waals surface area contributed by atoms with Crippen LogP contribution in [0.15, 0.2) is 12.1 Å². The van der Waals surface area contributed by atoms with Crippen molar-refractivity contribution in [2.24, 2.45) is 0 Å². The van der Waals surface area contributed by atoms with Crippen LogP contribution in [-0.4, -0.2) is 22.2 Å². The van der Waals surface area contributed by atoms with Crippen LogP contribution >= 0.6 is 0 Å². The minimum Gasteiger partial charge on any atom is -0.478 e. The lowest BCUT2D eigenvalue weighted by Crippen LogP contribution is -2.12. The van der Waals surface area contributed by atoms with E-state index in [1.807, 2.05) is 0 Å². The smallest absolute Gasteiger partial charge is 0.338 e. The number of nitrogen functional groups attached to an aromatic ring is 2. The van der Waals surface area contributed by atoms with Crippen LogP contribution < -0.4 is 11.5 Å². The van der Waals surface area contributed by atoms with Gasteiger partial charge in [-0.25, -0.2) is 9.59 Å². The molecular weight excluding hydrogens is 188 g/mol. The van der Waals surface area contributed by atoms with Gasteiger partial charge in [0.15, 0.2) is 0 Å². The normalized spacial score (nSPS) is 9.71. The van der Waals surface area contributed by atoms with Gasteiger partial charge in [-0.15, -0.1) is 0 Å². The topological polar surface area (TPSA) is 127 Å². The molecule has 0 spiro atoms. The molecule has 0 aliphatic heterocycles. The number of nitrogens with two attached hydrogens (primary N) is 2. The van der Waals surface area contributed by atoms with Gasteiger partial charge in [-0.05, 0) is 12.1 Å². The number of carbonyl (C=O) groups is 2. The number of hydrogen-bond donors (Lipinski definition) is 4. The van der Waals surface area contributed by atoms with Crippen LogP contribution in [0.1, 0.15) is 20.7 Å². The van der Waals surface area contributed by atoms with E-state index in [0.717, 1.165) is 6.07 Å². The molecule has 6 nitrogen and oxygen atoms in total. The molecule has 0 atom stereocenters. The Morgan fingerprint density at radius 2 is 1.64 bits per heavy atom. The quantitative estimate of drug-likeness (QED) is 0.502. The van der Waals surface area contributed by atoms with Crippen molar-refractivity contribution >= 4 is 23.3 Å². The van der Waals surface area contributed by atoms with E-state index in [2.05, 4.69) is 0 Å². The molecule has 0 saturated carbocycles. The summed E-state index contributed by atoms with van der Waals surface area (Å²) in [6.45, 7) is 0. The van der Waals surface area contributed by atoms with Crippen LogP contribution in [0.25, 0.3) is 0 Å². The van der Waals surface area contributed by atoms with Gasteiger partial charge >= 0.3 is 11.9 Å². The molecule has 0 radical (unpaired) electrons. The van der Waals surface area contributed by atoms with Crippen LogP contribution in [-0.2, 0) is 0 Å². The van der Waals surface area contributed by atoms with Crippen molar-refractivity contribution in [1.29, 1.82) is 0 Å². The Kier molecular flexibility index (Phi) is 2.29. The minimum absolute atomic E-state index is 0.116. The first-order chi connectivity index (χ1) is 6.43. The first-order valence-corrected chi connectivity index (χ1v) is 3.59. The molecule has 6 heteroatoms. The number of benzene rings is 1. The van der Waals surface area contributed by atoms with Gasteiger partial charge in [-0.3, -0.25) is 0 Å². The van der Waals surface area contributed by atoms with Gasteiger partial charge < -0.3 is 21.7 Å². The Labute approximate surface area is 78.8 Å². The van der Waals surface area contributed by atoms with E-state index in [1.54, 1.807) is 0 Å². The van der Waals surface area contributed by atoms with Gasteiger partial charge in [0.05, 0.1) is 11.1 Å². The van der Waals surface area contributed by atoms with E-state index in [-0.39, 0.29) is 11.4 Å². The molecule has 0 bridgehead atoms. The number of anilines is 2. The molecule has 1 rings (SSSR count). The van der Waals surface area contributed by atoms with E-state index in [9.17, 15) is 9.59 Å².